The van der Waals surface area contributed by atoms with Gasteiger partial charge in [-0.3, -0.25) is 0 Å². The Bertz CT molecular complexity index is 342. The number of halogens is 3. The number of alkyl halides is 1. The van der Waals surface area contributed by atoms with Crippen LogP contribution in [0.4, 0.5) is 0 Å². The highest BCUT2D eigenvalue weighted by molar-refractivity contribution is 9.10. The van der Waals surface area contributed by atoms with Crippen molar-refractivity contribution in [1.82, 2.24) is 0 Å². The second kappa shape index (κ2) is 6.87. The van der Waals surface area contributed by atoms with E-state index in [0.29, 0.717) is 23.5 Å². The van der Waals surface area contributed by atoms with E-state index >= 15 is 0 Å². The maximum Gasteiger partial charge on any atom is 0.139 e. The van der Waals surface area contributed by atoms with Crippen molar-refractivity contribution in [2.24, 2.45) is 11.8 Å². The van der Waals surface area contributed by atoms with E-state index in [9.17, 15) is 0 Å². The number of rotatable bonds is 5. The van der Waals surface area contributed by atoms with Gasteiger partial charge in [-0.1, -0.05) is 57.3 Å². The molecule has 1 aromatic carbocycles. The summed E-state index contributed by atoms with van der Waals surface area (Å²) in [6.07, 6.45) is 0. The van der Waals surface area contributed by atoms with Gasteiger partial charge in [0.05, 0.1) is 11.6 Å². The highest BCUT2D eigenvalue weighted by Crippen LogP contribution is 2.28. The Morgan fingerprint density at radius 2 is 2.06 bits per heavy atom. The Morgan fingerprint density at radius 1 is 1.38 bits per heavy atom. The van der Waals surface area contributed by atoms with E-state index in [0.717, 1.165) is 15.6 Å². The minimum Gasteiger partial charge on any atom is -0.492 e. The number of hydrogen-bond acceptors (Lipinski definition) is 1. The molecule has 0 saturated heterocycles. The highest BCUT2D eigenvalue weighted by Gasteiger charge is 2.13. The van der Waals surface area contributed by atoms with Crippen LogP contribution in [0.3, 0.4) is 0 Å². The molecule has 0 aliphatic carbocycles. The maximum atomic E-state index is 6.04. The molecule has 0 amide bonds. The Morgan fingerprint density at radius 3 is 2.62 bits per heavy atom. The third-order valence-corrected chi connectivity index (χ3v) is 4.12. The molecule has 1 unspecified atom stereocenters. The molecule has 1 aromatic rings. The van der Waals surface area contributed by atoms with Gasteiger partial charge in [0.1, 0.15) is 5.75 Å². The summed E-state index contributed by atoms with van der Waals surface area (Å²) in [5, 5.41) is 1.59. The molecule has 4 heteroatoms. The number of benzene rings is 1. The number of hydrogen-bond donors (Lipinski definition) is 0. The molecule has 0 aromatic heterocycles. The highest BCUT2D eigenvalue weighted by atomic mass is 79.9. The van der Waals surface area contributed by atoms with Crippen molar-refractivity contribution < 1.29 is 4.74 Å². The molecule has 1 rings (SSSR count). The minimum absolute atomic E-state index is 0.495. The number of ether oxygens (including phenoxy) is 1. The molecular formula is C12H15Br2ClO. The molecule has 1 nitrogen and oxygen atoms in total. The molecule has 0 radical (unpaired) electrons. The van der Waals surface area contributed by atoms with E-state index in [-0.39, 0.29) is 0 Å². The molecule has 0 aliphatic heterocycles. The third kappa shape index (κ3) is 4.27. The summed E-state index contributed by atoms with van der Waals surface area (Å²) in [6, 6.07) is 5.63. The summed E-state index contributed by atoms with van der Waals surface area (Å²) in [4.78, 5) is 0. The van der Waals surface area contributed by atoms with Crippen LogP contribution in [-0.2, 0) is 0 Å². The lowest BCUT2D eigenvalue weighted by Gasteiger charge is -2.19. The van der Waals surface area contributed by atoms with Crippen molar-refractivity contribution in [1.29, 1.82) is 0 Å². The lowest BCUT2D eigenvalue weighted by molar-refractivity contribution is 0.227. The van der Waals surface area contributed by atoms with Crippen LogP contribution in [0, 0.1) is 11.8 Å². The van der Waals surface area contributed by atoms with Gasteiger partial charge in [-0.15, -0.1) is 0 Å². The third-order valence-electron chi connectivity index (χ3n) is 2.49. The van der Waals surface area contributed by atoms with Crippen LogP contribution in [0.2, 0.25) is 5.02 Å². The van der Waals surface area contributed by atoms with Gasteiger partial charge in [0.15, 0.2) is 0 Å². The quantitative estimate of drug-likeness (QED) is 0.652. The van der Waals surface area contributed by atoms with Crippen molar-refractivity contribution in [3.63, 3.8) is 0 Å². The molecule has 90 valence electrons. The van der Waals surface area contributed by atoms with Crippen LogP contribution in [0.25, 0.3) is 0 Å². The molecule has 0 N–H and O–H groups in total. The van der Waals surface area contributed by atoms with E-state index in [2.05, 4.69) is 45.7 Å². The average Bonchev–Trinajstić information content (AvgIpc) is 2.23. The topological polar surface area (TPSA) is 9.23 Å². The van der Waals surface area contributed by atoms with Gasteiger partial charge >= 0.3 is 0 Å². The Hall–Kier alpha value is 0.270. The molecule has 0 fully saturated rings. The Kier molecular flexibility index (Phi) is 6.16. The zero-order valence-corrected chi connectivity index (χ0v) is 13.3. The van der Waals surface area contributed by atoms with Crippen LogP contribution >= 0.6 is 43.5 Å². The molecule has 1 atom stereocenters. The van der Waals surface area contributed by atoms with Gasteiger partial charge in [-0.2, -0.15) is 0 Å². The average molecular weight is 371 g/mol. The maximum absolute atomic E-state index is 6.04. The van der Waals surface area contributed by atoms with Crippen molar-refractivity contribution in [2.45, 2.75) is 13.8 Å². The molecule has 0 bridgehead atoms. The van der Waals surface area contributed by atoms with Crippen LogP contribution in [-0.4, -0.2) is 11.9 Å². The summed E-state index contributed by atoms with van der Waals surface area (Å²) in [6.45, 7) is 5.06. The molecular weight excluding hydrogens is 355 g/mol. The van der Waals surface area contributed by atoms with Crippen molar-refractivity contribution in [3.05, 3.63) is 27.7 Å². The normalized spacial score (nSPS) is 12.9. The molecule has 0 spiro atoms. The van der Waals surface area contributed by atoms with Gasteiger partial charge in [0.25, 0.3) is 0 Å². The zero-order valence-electron chi connectivity index (χ0n) is 9.34. The predicted molar refractivity (Wildman–Crippen MR) is 76.8 cm³/mol. The van der Waals surface area contributed by atoms with E-state index in [4.69, 9.17) is 16.3 Å². The van der Waals surface area contributed by atoms with Crippen LogP contribution < -0.4 is 4.74 Å². The smallest absolute Gasteiger partial charge is 0.139 e. The summed E-state index contributed by atoms with van der Waals surface area (Å²) in [5.41, 5.74) is 0. The first-order valence-electron chi connectivity index (χ1n) is 5.18. The second-order valence-electron chi connectivity index (χ2n) is 4.04. The van der Waals surface area contributed by atoms with E-state index in [1.165, 1.54) is 0 Å². The molecule has 0 saturated carbocycles. The van der Waals surface area contributed by atoms with E-state index in [1.807, 2.05) is 18.2 Å². The second-order valence-corrected chi connectivity index (χ2v) is 6.01. The SMILES string of the molecule is CC(C)C(CBr)COc1cc(Br)ccc1Cl. The summed E-state index contributed by atoms with van der Waals surface area (Å²) < 4.78 is 6.72. The van der Waals surface area contributed by atoms with Crippen LogP contribution in [0.15, 0.2) is 22.7 Å². The van der Waals surface area contributed by atoms with Gasteiger partial charge < -0.3 is 4.74 Å². The summed E-state index contributed by atoms with van der Waals surface area (Å²) >= 11 is 12.9. The molecule has 16 heavy (non-hydrogen) atoms. The van der Waals surface area contributed by atoms with Gasteiger partial charge in [0, 0.05) is 15.7 Å². The summed E-state index contributed by atoms with van der Waals surface area (Å²) in [5.74, 6) is 1.82. The first kappa shape index (κ1) is 14.3. The zero-order chi connectivity index (χ0) is 12.1. The first-order chi connectivity index (χ1) is 7.54. The van der Waals surface area contributed by atoms with Crippen LogP contribution in [0.5, 0.6) is 5.75 Å². The largest absolute Gasteiger partial charge is 0.492 e. The fourth-order valence-electron chi connectivity index (χ4n) is 1.20. The Balaban J connectivity index is 2.63. The molecule has 0 aliphatic rings. The van der Waals surface area contributed by atoms with E-state index < -0.39 is 0 Å². The minimum atomic E-state index is 0.495. The Labute approximate surface area is 119 Å². The van der Waals surface area contributed by atoms with Crippen molar-refractivity contribution in [3.8, 4) is 5.75 Å². The first-order valence-corrected chi connectivity index (χ1v) is 7.47. The van der Waals surface area contributed by atoms with Gasteiger partial charge in [0.2, 0.25) is 0 Å². The molecule has 0 heterocycles. The van der Waals surface area contributed by atoms with Gasteiger partial charge in [-0.25, -0.2) is 0 Å². The monoisotopic (exact) mass is 368 g/mol. The summed E-state index contributed by atoms with van der Waals surface area (Å²) in [7, 11) is 0. The lowest BCUT2D eigenvalue weighted by Crippen LogP contribution is -2.19. The lowest BCUT2D eigenvalue weighted by atomic mass is 9.99. The standard InChI is InChI=1S/C12H15Br2ClO/c1-8(2)9(6-13)7-16-12-5-10(14)3-4-11(12)15/h3-5,8-9H,6-7H2,1-2H3. The fourth-order valence-corrected chi connectivity index (χ4v) is 2.65. The predicted octanol–water partition coefficient (Wildman–Crippen LogP) is 5.15. The fraction of sp³-hybridized carbons (Fsp3) is 0.500. The van der Waals surface area contributed by atoms with Gasteiger partial charge in [-0.05, 0) is 24.1 Å². The van der Waals surface area contributed by atoms with Crippen LogP contribution in [0.1, 0.15) is 13.8 Å². The van der Waals surface area contributed by atoms with Crippen molar-refractivity contribution >= 4 is 43.5 Å². The van der Waals surface area contributed by atoms with E-state index in [1.54, 1.807) is 0 Å². The van der Waals surface area contributed by atoms with Crippen molar-refractivity contribution in [2.75, 3.05) is 11.9 Å².